The third-order valence-corrected chi connectivity index (χ3v) is 6.43. The summed E-state index contributed by atoms with van der Waals surface area (Å²) in [6.45, 7) is 0.376. The predicted molar refractivity (Wildman–Crippen MR) is 136 cm³/mol. The van der Waals surface area contributed by atoms with Gasteiger partial charge in [-0.1, -0.05) is 42.1 Å². The SMILES string of the molecule is COc1ccc(CN=C(Nc2ccccc2)S[C@H]2CC(=O)N(c3ccc(C(=O)O)cc3)C2=O)cc1. The van der Waals surface area contributed by atoms with E-state index in [2.05, 4.69) is 10.3 Å². The first-order valence-electron chi connectivity index (χ1n) is 10.8. The van der Waals surface area contributed by atoms with Crippen molar-refractivity contribution in [3.8, 4) is 5.75 Å². The monoisotopic (exact) mass is 489 g/mol. The quantitative estimate of drug-likeness (QED) is 0.287. The lowest BCUT2D eigenvalue weighted by Crippen LogP contribution is -2.31. The van der Waals surface area contributed by atoms with Gasteiger partial charge in [0.1, 0.15) is 11.0 Å². The lowest BCUT2D eigenvalue weighted by Gasteiger charge is -2.16. The Morgan fingerprint density at radius 1 is 1.06 bits per heavy atom. The van der Waals surface area contributed by atoms with Crippen molar-refractivity contribution in [1.82, 2.24) is 0 Å². The van der Waals surface area contributed by atoms with Crippen LogP contribution >= 0.6 is 11.8 Å². The van der Waals surface area contributed by atoms with Crippen LogP contribution in [0.2, 0.25) is 0 Å². The third-order valence-electron chi connectivity index (χ3n) is 5.32. The van der Waals surface area contributed by atoms with Gasteiger partial charge in [-0.05, 0) is 54.1 Å². The topological polar surface area (TPSA) is 108 Å². The number of benzene rings is 3. The summed E-state index contributed by atoms with van der Waals surface area (Å²) in [5.41, 5.74) is 2.21. The van der Waals surface area contributed by atoms with Crippen LogP contribution in [0.3, 0.4) is 0 Å². The molecule has 2 amide bonds. The number of carbonyl (C=O) groups excluding carboxylic acids is 2. The van der Waals surface area contributed by atoms with Crippen LogP contribution in [0.4, 0.5) is 11.4 Å². The molecule has 3 aromatic carbocycles. The van der Waals surface area contributed by atoms with Gasteiger partial charge in [0, 0.05) is 12.1 Å². The largest absolute Gasteiger partial charge is 0.497 e. The number of anilines is 2. The Labute approximate surface area is 206 Å². The molecular formula is C26H23N3O5S. The summed E-state index contributed by atoms with van der Waals surface area (Å²) in [4.78, 5) is 42.7. The van der Waals surface area contributed by atoms with Crippen LogP contribution < -0.4 is 15.0 Å². The minimum atomic E-state index is -1.08. The van der Waals surface area contributed by atoms with Crippen molar-refractivity contribution in [2.24, 2.45) is 4.99 Å². The van der Waals surface area contributed by atoms with Crippen LogP contribution in [-0.4, -0.2) is 40.4 Å². The number of rotatable bonds is 7. The van der Waals surface area contributed by atoms with Crippen molar-refractivity contribution in [2.45, 2.75) is 18.2 Å². The number of para-hydroxylation sites is 1. The van der Waals surface area contributed by atoms with Gasteiger partial charge in [-0.15, -0.1) is 0 Å². The first kappa shape index (κ1) is 24.0. The van der Waals surface area contributed by atoms with Crippen molar-refractivity contribution < 1.29 is 24.2 Å². The number of carbonyl (C=O) groups is 3. The smallest absolute Gasteiger partial charge is 0.335 e. The minimum absolute atomic E-state index is 0.0161. The molecule has 1 atom stereocenters. The first-order valence-corrected chi connectivity index (χ1v) is 11.7. The molecule has 1 heterocycles. The van der Waals surface area contributed by atoms with Crippen molar-refractivity contribution >= 4 is 46.1 Å². The van der Waals surface area contributed by atoms with Gasteiger partial charge in [-0.25, -0.2) is 9.69 Å². The second kappa shape index (κ2) is 10.9. The van der Waals surface area contributed by atoms with E-state index in [1.165, 1.54) is 36.0 Å². The Bertz CT molecular complexity index is 1240. The molecule has 0 unspecified atom stereocenters. The molecule has 4 rings (SSSR count). The fourth-order valence-electron chi connectivity index (χ4n) is 3.50. The minimum Gasteiger partial charge on any atom is -0.497 e. The normalized spacial score (nSPS) is 15.9. The summed E-state index contributed by atoms with van der Waals surface area (Å²) in [5, 5.41) is 12.2. The van der Waals surface area contributed by atoms with Crippen molar-refractivity contribution in [2.75, 3.05) is 17.3 Å². The van der Waals surface area contributed by atoms with E-state index in [9.17, 15) is 14.4 Å². The Morgan fingerprint density at radius 2 is 1.74 bits per heavy atom. The van der Waals surface area contributed by atoms with Gasteiger partial charge in [0.15, 0.2) is 5.17 Å². The predicted octanol–water partition coefficient (Wildman–Crippen LogP) is 4.43. The second-order valence-electron chi connectivity index (χ2n) is 7.69. The molecule has 3 aromatic rings. The second-order valence-corrected chi connectivity index (χ2v) is 8.88. The zero-order chi connectivity index (χ0) is 24.8. The molecule has 8 nitrogen and oxygen atoms in total. The molecule has 0 saturated carbocycles. The number of nitrogens with zero attached hydrogens (tertiary/aromatic N) is 2. The van der Waals surface area contributed by atoms with Crippen LogP contribution in [0, 0.1) is 0 Å². The highest BCUT2D eigenvalue weighted by Gasteiger charge is 2.40. The standard InChI is InChI=1S/C26H23N3O5S/c1-34-21-13-7-17(8-14-21)16-27-26(28-19-5-3-2-4-6-19)35-22-15-23(30)29(24(22)31)20-11-9-18(10-12-20)25(32)33/h2-14,22H,15-16H2,1H3,(H,27,28)(H,32,33)/t22-/m0/s1. The van der Waals surface area contributed by atoms with Crippen LogP contribution in [0.15, 0.2) is 83.9 Å². The van der Waals surface area contributed by atoms with Crippen LogP contribution in [0.1, 0.15) is 22.3 Å². The number of imide groups is 1. The van der Waals surface area contributed by atoms with Crippen molar-refractivity contribution in [1.29, 1.82) is 0 Å². The molecule has 0 spiro atoms. The number of thioether (sulfide) groups is 1. The van der Waals surface area contributed by atoms with E-state index in [1.807, 2.05) is 54.6 Å². The molecule has 0 radical (unpaired) electrons. The van der Waals surface area contributed by atoms with E-state index in [1.54, 1.807) is 7.11 Å². The Morgan fingerprint density at radius 3 is 2.37 bits per heavy atom. The Kier molecular flexibility index (Phi) is 7.47. The molecule has 0 aliphatic carbocycles. The molecule has 1 saturated heterocycles. The van der Waals surface area contributed by atoms with E-state index in [0.29, 0.717) is 17.4 Å². The number of aromatic carboxylic acids is 1. The zero-order valence-corrected chi connectivity index (χ0v) is 19.7. The lowest BCUT2D eigenvalue weighted by atomic mass is 10.2. The fraction of sp³-hybridized carbons (Fsp3) is 0.154. The molecule has 178 valence electrons. The van der Waals surface area contributed by atoms with Gasteiger partial charge in [0.2, 0.25) is 11.8 Å². The van der Waals surface area contributed by atoms with E-state index >= 15 is 0 Å². The maximum Gasteiger partial charge on any atom is 0.335 e. The molecular weight excluding hydrogens is 466 g/mol. The van der Waals surface area contributed by atoms with Crippen LogP contribution in [-0.2, 0) is 16.1 Å². The molecule has 35 heavy (non-hydrogen) atoms. The van der Waals surface area contributed by atoms with E-state index < -0.39 is 11.2 Å². The lowest BCUT2D eigenvalue weighted by molar-refractivity contribution is -0.121. The maximum atomic E-state index is 13.1. The molecule has 0 aromatic heterocycles. The molecule has 9 heteroatoms. The summed E-state index contributed by atoms with van der Waals surface area (Å²) in [7, 11) is 1.61. The zero-order valence-electron chi connectivity index (χ0n) is 18.9. The molecule has 0 bridgehead atoms. The Balaban J connectivity index is 1.52. The number of carboxylic acids is 1. The number of amides is 2. The summed E-state index contributed by atoms with van der Waals surface area (Å²) in [5.74, 6) is -1.03. The van der Waals surface area contributed by atoms with E-state index in [0.717, 1.165) is 21.9 Å². The highest BCUT2D eigenvalue weighted by molar-refractivity contribution is 8.15. The van der Waals surface area contributed by atoms with Gasteiger partial charge in [-0.3, -0.25) is 14.6 Å². The van der Waals surface area contributed by atoms with Crippen LogP contribution in [0.5, 0.6) is 5.75 Å². The van der Waals surface area contributed by atoms with Gasteiger partial charge >= 0.3 is 5.97 Å². The van der Waals surface area contributed by atoms with Gasteiger partial charge in [0.05, 0.1) is 24.9 Å². The summed E-state index contributed by atoms with van der Waals surface area (Å²) < 4.78 is 5.19. The first-order chi connectivity index (χ1) is 16.9. The number of ether oxygens (including phenoxy) is 1. The number of hydrogen-bond acceptors (Lipinski definition) is 6. The van der Waals surface area contributed by atoms with E-state index in [4.69, 9.17) is 9.84 Å². The molecule has 1 aliphatic heterocycles. The molecule has 1 aliphatic rings. The molecule has 1 fully saturated rings. The highest BCUT2D eigenvalue weighted by atomic mass is 32.2. The molecule has 2 N–H and O–H groups in total. The van der Waals surface area contributed by atoms with E-state index in [-0.39, 0.29) is 23.8 Å². The number of aliphatic imine (C=N–C) groups is 1. The average Bonchev–Trinajstić information content (AvgIpc) is 3.15. The average molecular weight is 490 g/mol. The van der Waals surface area contributed by atoms with Gasteiger partial charge < -0.3 is 15.2 Å². The highest BCUT2D eigenvalue weighted by Crippen LogP contribution is 2.31. The Hall–Kier alpha value is -4.11. The number of hydrogen-bond donors (Lipinski definition) is 2. The van der Waals surface area contributed by atoms with Crippen molar-refractivity contribution in [3.63, 3.8) is 0 Å². The van der Waals surface area contributed by atoms with Crippen LogP contribution in [0.25, 0.3) is 0 Å². The van der Waals surface area contributed by atoms with Crippen molar-refractivity contribution in [3.05, 3.63) is 90.0 Å². The maximum absolute atomic E-state index is 13.1. The fourth-order valence-corrected chi connectivity index (χ4v) is 4.52. The number of amidine groups is 1. The summed E-state index contributed by atoms with van der Waals surface area (Å²) in [6.07, 6.45) is 0.0161. The van der Waals surface area contributed by atoms with Gasteiger partial charge in [0.25, 0.3) is 0 Å². The number of carboxylic acid groups (broad SMARTS) is 1. The number of nitrogens with one attached hydrogen (secondary N) is 1. The summed E-state index contributed by atoms with van der Waals surface area (Å²) in [6, 6.07) is 22.7. The third kappa shape index (κ3) is 5.88. The summed E-state index contributed by atoms with van der Waals surface area (Å²) >= 11 is 1.20. The van der Waals surface area contributed by atoms with Gasteiger partial charge in [-0.2, -0.15) is 0 Å². The number of methoxy groups -OCH3 is 1.